The van der Waals surface area contributed by atoms with Crippen LogP contribution in [0.2, 0.25) is 0 Å². The molecule has 3 amide bonds. The number of alkyl carbamates (subject to hydrolysis) is 1. The maximum atomic E-state index is 12.5. The number of benzene rings is 1. The lowest BCUT2D eigenvalue weighted by molar-refractivity contribution is -0.158. The molecule has 1 aromatic rings. The molecular weight excluding hydrogens is 584 g/mol. The summed E-state index contributed by atoms with van der Waals surface area (Å²) in [5.74, 6) is -1.16. The van der Waals surface area contributed by atoms with Crippen molar-refractivity contribution in [1.29, 1.82) is 0 Å². The molecule has 2 aliphatic rings. The summed E-state index contributed by atoms with van der Waals surface area (Å²) in [6.45, 7) is 1.01. The number of nitrogens with zero attached hydrogens (tertiary/aromatic N) is 1. The minimum absolute atomic E-state index is 0.126. The largest absolute Gasteiger partial charge is 0.428 e. The second-order valence-electron chi connectivity index (χ2n) is 12.3. The molecule has 246 valence electrons. The van der Waals surface area contributed by atoms with Crippen molar-refractivity contribution in [3.8, 4) is 0 Å². The van der Waals surface area contributed by atoms with E-state index in [1.54, 1.807) is 0 Å². The van der Waals surface area contributed by atoms with Crippen molar-refractivity contribution in [3.63, 3.8) is 0 Å². The Balaban J connectivity index is 1.34. The molecule has 0 aromatic heterocycles. The van der Waals surface area contributed by atoms with E-state index in [0.29, 0.717) is 38.6 Å². The van der Waals surface area contributed by atoms with Gasteiger partial charge in [-0.2, -0.15) is 12.6 Å². The SMILES string of the molecule is CCCCCCCCc1ccc(CCC(CO)(CO)NC(=O)OCOC(=O)C2CCC(CN3C(=O)CC(S)C3=O)CC2)cc1. The van der Waals surface area contributed by atoms with Crippen LogP contribution in [0.1, 0.15) is 95.1 Å². The number of aryl methyl sites for hydroxylation is 2. The first-order valence-corrected chi connectivity index (χ1v) is 16.6. The molecule has 3 rings (SSSR count). The zero-order chi connectivity index (χ0) is 32.0. The molecule has 1 heterocycles. The van der Waals surface area contributed by atoms with Crippen LogP contribution >= 0.6 is 12.6 Å². The molecule has 3 N–H and O–H groups in total. The first-order valence-electron chi connectivity index (χ1n) is 16.1. The van der Waals surface area contributed by atoms with Gasteiger partial charge in [-0.3, -0.25) is 19.3 Å². The number of esters is 1. The predicted molar refractivity (Wildman–Crippen MR) is 169 cm³/mol. The Bertz CT molecular complexity index is 1070. The fourth-order valence-corrected chi connectivity index (χ4v) is 6.22. The van der Waals surface area contributed by atoms with Gasteiger partial charge in [0.15, 0.2) is 0 Å². The summed E-state index contributed by atoms with van der Waals surface area (Å²) in [6, 6.07) is 8.30. The van der Waals surface area contributed by atoms with E-state index in [0.717, 1.165) is 12.0 Å². The number of hydrogen-bond donors (Lipinski definition) is 4. The number of aliphatic hydroxyl groups excluding tert-OH is 2. The van der Waals surface area contributed by atoms with Gasteiger partial charge in [-0.1, -0.05) is 63.3 Å². The summed E-state index contributed by atoms with van der Waals surface area (Å²) in [6.07, 6.45) is 11.1. The normalized spacial score (nSPS) is 20.5. The number of aliphatic hydroxyl groups is 2. The fraction of sp³-hybridized carbons (Fsp3) is 0.697. The van der Waals surface area contributed by atoms with E-state index in [-0.39, 0.29) is 36.5 Å². The molecule has 11 heteroatoms. The van der Waals surface area contributed by atoms with Gasteiger partial charge in [0.05, 0.1) is 29.9 Å². The van der Waals surface area contributed by atoms with E-state index < -0.39 is 42.9 Å². The lowest BCUT2D eigenvalue weighted by atomic mass is 9.82. The first-order chi connectivity index (χ1) is 21.2. The van der Waals surface area contributed by atoms with Crippen LogP contribution in [0, 0.1) is 11.8 Å². The minimum atomic E-state index is -1.29. The highest BCUT2D eigenvalue weighted by Crippen LogP contribution is 2.31. The topological polar surface area (TPSA) is 142 Å². The minimum Gasteiger partial charge on any atom is -0.428 e. The van der Waals surface area contributed by atoms with Gasteiger partial charge in [0.2, 0.25) is 18.6 Å². The Hall–Kier alpha value is -2.63. The molecule has 2 fully saturated rings. The van der Waals surface area contributed by atoms with Crippen LogP contribution in [0.15, 0.2) is 24.3 Å². The Kier molecular flexibility index (Phi) is 15.0. The van der Waals surface area contributed by atoms with Gasteiger partial charge < -0.3 is 25.0 Å². The summed E-state index contributed by atoms with van der Waals surface area (Å²) in [5, 5.41) is 22.0. The van der Waals surface area contributed by atoms with Crippen molar-refractivity contribution < 1.29 is 38.9 Å². The molecule has 0 spiro atoms. The lowest BCUT2D eigenvalue weighted by Gasteiger charge is -2.31. The molecule has 0 bridgehead atoms. The molecule has 1 aliphatic heterocycles. The standard InChI is InChI=1S/C33H50N2O8S/c1-2-3-4-5-6-7-8-24-9-11-25(12-10-24)17-18-33(21-36,22-37)34-32(41)43-23-42-31(40)27-15-13-26(14-16-27)20-35-29(38)19-28(44)30(35)39/h9-12,26-28,36-37,44H,2-8,13-23H2,1H3,(H,34,41). The summed E-state index contributed by atoms with van der Waals surface area (Å²) in [5.41, 5.74) is 1.03. The number of hydrogen-bond acceptors (Lipinski definition) is 9. The Morgan fingerprint density at radius 3 is 2.14 bits per heavy atom. The van der Waals surface area contributed by atoms with Crippen LogP contribution in [0.4, 0.5) is 4.79 Å². The summed E-state index contributed by atoms with van der Waals surface area (Å²) in [4.78, 5) is 50.4. The van der Waals surface area contributed by atoms with Gasteiger partial charge in [-0.25, -0.2) is 4.79 Å². The third-order valence-corrected chi connectivity index (χ3v) is 9.34. The van der Waals surface area contributed by atoms with Gasteiger partial charge in [0.25, 0.3) is 0 Å². The highest BCUT2D eigenvalue weighted by Gasteiger charge is 2.38. The quantitative estimate of drug-likeness (QED) is 0.0615. The van der Waals surface area contributed by atoms with Crippen LogP contribution in [0.25, 0.3) is 0 Å². The highest BCUT2D eigenvalue weighted by atomic mass is 32.1. The van der Waals surface area contributed by atoms with Crippen LogP contribution in [0.3, 0.4) is 0 Å². The number of rotatable bonds is 18. The van der Waals surface area contributed by atoms with Crippen molar-refractivity contribution in [1.82, 2.24) is 10.2 Å². The summed E-state index contributed by atoms with van der Waals surface area (Å²) < 4.78 is 10.2. The van der Waals surface area contributed by atoms with Gasteiger partial charge >= 0.3 is 12.1 Å². The monoisotopic (exact) mass is 634 g/mol. The van der Waals surface area contributed by atoms with Crippen molar-refractivity contribution in [2.45, 2.75) is 108 Å². The molecule has 1 saturated carbocycles. The smallest absolute Gasteiger partial charge is 0.410 e. The number of unbranched alkanes of at least 4 members (excludes halogenated alkanes) is 5. The predicted octanol–water partition coefficient (Wildman–Crippen LogP) is 4.34. The van der Waals surface area contributed by atoms with E-state index in [4.69, 9.17) is 9.47 Å². The maximum Gasteiger partial charge on any atom is 0.410 e. The average molecular weight is 635 g/mol. The lowest BCUT2D eigenvalue weighted by Crippen LogP contribution is -2.54. The zero-order valence-electron chi connectivity index (χ0n) is 26.0. The molecule has 1 unspecified atom stereocenters. The molecule has 1 atom stereocenters. The molecule has 1 aromatic carbocycles. The molecule has 1 aliphatic carbocycles. The van der Waals surface area contributed by atoms with Crippen LogP contribution < -0.4 is 5.32 Å². The highest BCUT2D eigenvalue weighted by molar-refractivity contribution is 7.81. The van der Waals surface area contributed by atoms with Crippen molar-refractivity contribution >= 4 is 36.5 Å². The zero-order valence-corrected chi connectivity index (χ0v) is 26.9. The number of thiol groups is 1. The van der Waals surface area contributed by atoms with Crippen LogP contribution in [-0.2, 0) is 36.7 Å². The van der Waals surface area contributed by atoms with Crippen molar-refractivity contribution in [2.75, 3.05) is 26.6 Å². The number of carbonyl (C=O) groups excluding carboxylic acids is 4. The number of likely N-dealkylation sites (tertiary alicyclic amines) is 1. The number of imide groups is 1. The fourth-order valence-electron chi connectivity index (χ4n) is 5.92. The summed E-state index contributed by atoms with van der Waals surface area (Å²) >= 11 is 4.15. The van der Waals surface area contributed by atoms with Crippen molar-refractivity contribution in [3.05, 3.63) is 35.4 Å². The molecular formula is C33H50N2O8S. The van der Waals surface area contributed by atoms with Crippen LogP contribution in [0.5, 0.6) is 0 Å². The van der Waals surface area contributed by atoms with E-state index >= 15 is 0 Å². The first kappa shape index (κ1) is 35.8. The average Bonchev–Trinajstić information content (AvgIpc) is 3.27. The third kappa shape index (κ3) is 11.1. The molecule has 1 saturated heterocycles. The van der Waals surface area contributed by atoms with Crippen LogP contribution in [-0.4, -0.2) is 76.3 Å². The molecule has 44 heavy (non-hydrogen) atoms. The van der Waals surface area contributed by atoms with E-state index in [1.807, 2.05) is 12.1 Å². The number of carbonyl (C=O) groups is 4. The number of ether oxygens (including phenoxy) is 2. The third-order valence-electron chi connectivity index (χ3n) is 8.94. The number of nitrogens with one attached hydrogen (secondary N) is 1. The van der Waals surface area contributed by atoms with E-state index in [9.17, 15) is 29.4 Å². The van der Waals surface area contributed by atoms with Gasteiger partial charge in [-0.15, -0.1) is 0 Å². The Morgan fingerprint density at radius 1 is 0.932 bits per heavy atom. The van der Waals surface area contributed by atoms with Gasteiger partial charge in [0, 0.05) is 13.0 Å². The second-order valence-corrected chi connectivity index (χ2v) is 13.0. The Labute approximate surface area is 266 Å². The second kappa shape index (κ2) is 18.4. The van der Waals surface area contributed by atoms with Gasteiger partial charge in [0.1, 0.15) is 0 Å². The maximum absolute atomic E-state index is 12.5. The summed E-state index contributed by atoms with van der Waals surface area (Å²) in [7, 11) is 0. The van der Waals surface area contributed by atoms with Crippen molar-refractivity contribution in [2.24, 2.45) is 11.8 Å². The van der Waals surface area contributed by atoms with E-state index in [1.165, 1.54) is 49.0 Å². The van der Waals surface area contributed by atoms with Gasteiger partial charge in [-0.05, 0) is 68.4 Å². The Morgan fingerprint density at radius 2 is 1.55 bits per heavy atom. The molecule has 0 radical (unpaired) electrons. The molecule has 10 nitrogen and oxygen atoms in total. The van der Waals surface area contributed by atoms with E-state index in [2.05, 4.69) is 37.0 Å². The number of amides is 3.